The Balaban J connectivity index is 4.37. The molecule has 9 heteroatoms. The number of carbonyl (C=O) groups is 2. The Kier molecular flexibility index (Phi) is 33.6. The van der Waals surface area contributed by atoms with Gasteiger partial charge < -0.3 is 19.8 Å². The maximum absolute atomic E-state index is 13.1. The Hall–Kier alpha value is -1.05. The van der Waals surface area contributed by atoms with Crippen LogP contribution in [0, 0.1) is 0 Å². The van der Waals surface area contributed by atoms with Crippen molar-refractivity contribution >= 4 is 19.3 Å². The van der Waals surface area contributed by atoms with Gasteiger partial charge in [-0.2, -0.15) is 0 Å². The lowest BCUT2D eigenvalue weighted by Crippen LogP contribution is -2.41. The summed E-state index contributed by atoms with van der Waals surface area (Å²) in [4.78, 5) is 35.8. The first-order valence-electron chi connectivity index (χ1n) is 19.9. The molecule has 0 spiro atoms. The highest BCUT2D eigenvalue weighted by Gasteiger charge is 2.37. The number of Topliss-reactive ketones (excluding diaryl/α,β-unsaturated/α-hetero) is 1. The lowest BCUT2D eigenvalue weighted by Gasteiger charge is -2.26. The Morgan fingerprint density at radius 3 is 1.42 bits per heavy atom. The van der Waals surface area contributed by atoms with Crippen molar-refractivity contribution in [2.75, 3.05) is 19.4 Å². The predicted octanol–water partition coefficient (Wildman–Crippen LogP) is 10.5. The van der Waals surface area contributed by atoms with E-state index in [4.69, 9.17) is 14.4 Å². The van der Waals surface area contributed by atoms with Crippen LogP contribution in [0.15, 0.2) is 12.2 Å². The number of aliphatic hydroxyl groups excluding tert-OH is 2. The topological polar surface area (TPSA) is 130 Å². The number of esters is 1. The molecular formula is C39H75O8P. The van der Waals surface area contributed by atoms with E-state index in [1.54, 1.807) is 0 Å². The van der Waals surface area contributed by atoms with E-state index in [0.717, 1.165) is 57.8 Å². The van der Waals surface area contributed by atoms with Gasteiger partial charge in [0, 0.05) is 12.8 Å². The molecule has 8 nitrogen and oxygen atoms in total. The van der Waals surface area contributed by atoms with Gasteiger partial charge in [0.2, 0.25) is 0 Å². The van der Waals surface area contributed by atoms with Gasteiger partial charge in [-0.25, -0.2) is 0 Å². The van der Waals surface area contributed by atoms with E-state index in [9.17, 15) is 24.2 Å². The zero-order valence-corrected chi connectivity index (χ0v) is 32.0. The molecule has 0 bridgehead atoms. The van der Waals surface area contributed by atoms with E-state index in [0.29, 0.717) is 12.8 Å². The van der Waals surface area contributed by atoms with Gasteiger partial charge >= 0.3 is 13.6 Å². The highest BCUT2D eigenvalue weighted by molar-refractivity contribution is 7.52. The molecule has 0 heterocycles. The normalized spacial score (nSPS) is 14.3. The average molecular weight is 703 g/mol. The quantitative estimate of drug-likeness (QED) is 0.0252. The standard InChI is InChI=1S/C39H75O8P/c1-3-5-7-9-11-13-15-17-18-20-22-24-26-28-30-32-38(43)46-37(35-41)39(47-48(44,45)34-33-40)36(42)31-29-27-25-23-21-19-16-14-12-10-8-6-4-2/h17-18,37,39-41H,3-16,19-35H2,1-2H3,(H,44,45)/b18-17-/t37-,39?/m0/s1. The largest absolute Gasteiger partial charge is 0.457 e. The van der Waals surface area contributed by atoms with Gasteiger partial charge in [0.25, 0.3) is 0 Å². The fraction of sp³-hybridized carbons (Fsp3) is 0.897. The lowest BCUT2D eigenvalue weighted by atomic mass is 10.0. The van der Waals surface area contributed by atoms with Crippen molar-refractivity contribution in [1.29, 1.82) is 0 Å². The van der Waals surface area contributed by atoms with Crippen LogP contribution in [0.2, 0.25) is 0 Å². The summed E-state index contributed by atoms with van der Waals surface area (Å²) in [5.74, 6) is -1.04. The van der Waals surface area contributed by atoms with Crippen molar-refractivity contribution in [2.24, 2.45) is 0 Å². The van der Waals surface area contributed by atoms with Gasteiger partial charge in [-0.3, -0.25) is 18.7 Å². The van der Waals surface area contributed by atoms with Crippen molar-refractivity contribution in [3.8, 4) is 0 Å². The van der Waals surface area contributed by atoms with Crippen LogP contribution < -0.4 is 0 Å². The molecule has 0 rings (SSSR count). The molecule has 284 valence electrons. The number of hydrogen-bond donors (Lipinski definition) is 3. The molecule has 0 aromatic carbocycles. The number of hydrogen-bond acceptors (Lipinski definition) is 7. The molecular weight excluding hydrogens is 627 g/mol. The van der Waals surface area contributed by atoms with Crippen LogP contribution in [-0.2, 0) is 23.4 Å². The number of carbonyl (C=O) groups excluding carboxylic acids is 2. The molecule has 0 aliphatic rings. The zero-order valence-electron chi connectivity index (χ0n) is 31.1. The fourth-order valence-electron chi connectivity index (χ4n) is 5.91. The Morgan fingerprint density at radius 2 is 1.00 bits per heavy atom. The van der Waals surface area contributed by atoms with Gasteiger partial charge in [0.05, 0.1) is 19.4 Å². The van der Waals surface area contributed by atoms with Gasteiger partial charge in [-0.1, -0.05) is 154 Å². The summed E-state index contributed by atoms with van der Waals surface area (Å²) >= 11 is 0. The summed E-state index contributed by atoms with van der Waals surface area (Å²) in [6, 6.07) is 0. The second-order valence-electron chi connectivity index (χ2n) is 13.6. The minimum absolute atomic E-state index is 0.101. The van der Waals surface area contributed by atoms with Gasteiger partial charge in [-0.05, 0) is 38.5 Å². The number of rotatable bonds is 37. The second kappa shape index (κ2) is 34.4. The van der Waals surface area contributed by atoms with Gasteiger partial charge in [0.1, 0.15) is 0 Å². The lowest BCUT2D eigenvalue weighted by molar-refractivity contribution is -0.160. The molecule has 2 unspecified atom stereocenters. The number of ether oxygens (including phenoxy) is 1. The van der Waals surface area contributed by atoms with E-state index in [2.05, 4.69) is 26.0 Å². The van der Waals surface area contributed by atoms with Gasteiger partial charge in [-0.15, -0.1) is 0 Å². The fourth-order valence-corrected chi connectivity index (χ4v) is 6.88. The highest BCUT2D eigenvalue weighted by atomic mass is 31.2. The Morgan fingerprint density at radius 1 is 0.604 bits per heavy atom. The van der Waals surface area contributed by atoms with Crippen LogP contribution in [0.3, 0.4) is 0 Å². The van der Waals surface area contributed by atoms with Crippen molar-refractivity contribution in [2.45, 2.75) is 206 Å². The number of unbranched alkanes of at least 4 members (excludes halogenated alkanes) is 23. The number of allylic oxidation sites excluding steroid dienone is 2. The molecule has 0 amide bonds. The smallest absolute Gasteiger partial charge is 0.331 e. The first kappa shape index (κ1) is 47.0. The van der Waals surface area contributed by atoms with Crippen molar-refractivity contribution in [1.82, 2.24) is 0 Å². The maximum Gasteiger partial charge on any atom is 0.331 e. The second-order valence-corrected chi connectivity index (χ2v) is 15.5. The average Bonchev–Trinajstić information content (AvgIpc) is 3.06. The third-order valence-corrected chi connectivity index (χ3v) is 10.3. The first-order valence-corrected chi connectivity index (χ1v) is 21.7. The third kappa shape index (κ3) is 29.8. The third-order valence-electron chi connectivity index (χ3n) is 8.95. The summed E-state index contributed by atoms with van der Waals surface area (Å²) in [5.41, 5.74) is 0. The Bertz CT molecular complexity index is 818. The molecule has 0 radical (unpaired) electrons. The summed E-state index contributed by atoms with van der Waals surface area (Å²) in [6.45, 7) is 3.18. The van der Waals surface area contributed by atoms with Crippen molar-refractivity contribution in [3.63, 3.8) is 0 Å². The first-order chi connectivity index (χ1) is 23.3. The van der Waals surface area contributed by atoms with Crippen LogP contribution in [-0.4, -0.2) is 58.4 Å². The van der Waals surface area contributed by atoms with Crippen LogP contribution in [0.25, 0.3) is 0 Å². The van der Waals surface area contributed by atoms with E-state index in [1.165, 1.54) is 96.3 Å². The van der Waals surface area contributed by atoms with E-state index in [-0.39, 0.29) is 12.8 Å². The monoisotopic (exact) mass is 703 g/mol. The molecule has 0 aliphatic carbocycles. The van der Waals surface area contributed by atoms with E-state index in [1.807, 2.05) is 0 Å². The van der Waals surface area contributed by atoms with E-state index < -0.39 is 50.9 Å². The molecule has 0 aromatic rings. The summed E-state index contributed by atoms with van der Waals surface area (Å²) in [7, 11) is -4.32. The summed E-state index contributed by atoms with van der Waals surface area (Å²) < 4.78 is 23.1. The molecule has 0 saturated heterocycles. The Labute approximate surface area is 294 Å². The predicted molar refractivity (Wildman–Crippen MR) is 198 cm³/mol. The minimum atomic E-state index is -4.32. The van der Waals surface area contributed by atoms with Crippen molar-refractivity contribution < 1.29 is 38.5 Å². The van der Waals surface area contributed by atoms with Crippen LogP contribution >= 0.6 is 7.60 Å². The van der Waals surface area contributed by atoms with Crippen LogP contribution in [0.5, 0.6) is 0 Å². The van der Waals surface area contributed by atoms with E-state index >= 15 is 0 Å². The molecule has 0 fully saturated rings. The summed E-state index contributed by atoms with van der Waals surface area (Å²) in [5, 5.41) is 19.1. The van der Waals surface area contributed by atoms with Gasteiger partial charge in [0.15, 0.2) is 18.0 Å². The number of aliphatic hydroxyl groups is 2. The van der Waals surface area contributed by atoms with Crippen LogP contribution in [0.4, 0.5) is 0 Å². The highest BCUT2D eigenvalue weighted by Crippen LogP contribution is 2.43. The molecule has 3 N–H and O–H groups in total. The molecule has 0 saturated carbocycles. The molecule has 48 heavy (non-hydrogen) atoms. The van der Waals surface area contributed by atoms with Crippen molar-refractivity contribution in [3.05, 3.63) is 12.2 Å². The molecule has 0 aliphatic heterocycles. The molecule has 0 aromatic heterocycles. The minimum Gasteiger partial charge on any atom is -0.457 e. The number of ketones is 1. The SMILES string of the molecule is CCCCCCCC/C=C\CCCCCCCC(=O)O[C@@H](CO)C(OP(=O)(O)CCO)C(=O)CCCCCCCCCCCCCCC. The molecule has 3 atom stereocenters. The van der Waals surface area contributed by atoms with Crippen LogP contribution in [0.1, 0.15) is 194 Å². The zero-order chi connectivity index (χ0) is 35.6. The maximum atomic E-state index is 13.1. The summed E-state index contributed by atoms with van der Waals surface area (Å²) in [6.07, 6.45) is 31.4.